The van der Waals surface area contributed by atoms with Crippen LogP contribution in [-0.4, -0.2) is 54.0 Å². The van der Waals surface area contributed by atoms with Crippen molar-refractivity contribution >= 4 is 39.3 Å². The van der Waals surface area contributed by atoms with E-state index in [1.165, 1.54) is 23.1 Å². The molecule has 204 valence electrons. The van der Waals surface area contributed by atoms with E-state index in [0.717, 1.165) is 5.56 Å². The molecule has 3 aromatic rings. The highest BCUT2D eigenvalue weighted by Crippen LogP contribution is 2.30. The van der Waals surface area contributed by atoms with Crippen molar-refractivity contribution in [3.63, 3.8) is 0 Å². The summed E-state index contributed by atoms with van der Waals surface area (Å²) in [6.45, 7) is 3.00. The van der Waals surface area contributed by atoms with E-state index in [4.69, 9.17) is 11.6 Å². The van der Waals surface area contributed by atoms with E-state index >= 15 is 0 Å². The van der Waals surface area contributed by atoms with Crippen LogP contribution in [0, 0.1) is 0 Å². The number of carbonyl (C=O) groups excluding carboxylic acids is 3. The zero-order valence-electron chi connectivity index (χ0n) is 21.7. The normalized spacial score (nSPS) is 15.4. The third-order valence-electron chi connectivity index (χ3n) is 6.76. The molecule has 3 aromatic carbocycles. The highest BCUT2D eigenvalue weighted by Gasteiger charge is 2.43. The van der Waals surface area contributed by atoms with Crippen LogP contribution in [0.25, 0.3) is 0 Å². The molecule has 1 aliphatic heterocycles. The number of amides is 3. The quantitative estimate of drug-likeness (QED) is 0.398. The fourth-order valence-corrected chi connectivity index (χ4v) is 6.12. The SMILES string of the molecule is CC[C@@H](C)NC(=O)[C@H](Cc1ccccc1)N(Cc1ccccc1Cl)C(=O)CN1C(=O)c2ccccc2S1(=O)=O. The lowest BCUT2D eigenvalue weighted by molar-refractivity contribution is -0.141. The van der Waals surface area contributed by atoms with Crippen LogP contribution in [0.15, 0.2) is 83.8 Å². The topological polar surface area (TPSA) is 104 Å². The Morgan fingerprint density at radius 3 is 2.28 bits per heavy atom. The van der Waals surface area contributed by atoms with Crippen molar-refractivity contribution < 1.29 is 22.8 Å². The Morgan fingerprint density at radius 1 is 0.974 bits per heavy atom. The highest BCUT2D eigenvalue weighted by atomic mass is 35.5. The monoisotopic (exact) mass is 567 g/mol. The summed E-state index contributed by atoms with van der Waals surface area (Å²) >= 11 is 6.42. The van der Waals surface area contributed by atoms with Gasteiger partial charge in [-0.2, -0.15) is 0 Å². The fourth-order valence-electron chi connectivity index (χ4n) is 4.41. The Bertz CT molecular complexity index is 1480. The maximum absolute atomic E-state index is 13.9. The second-order valence-corrected chi connectivity index (χ2v) is 11.7. The molecule has 0 radical (unpaired) electrons. The zero-order chi connectivity index (χ0) is 28.2. The molecule has 0 unspecified atom stereocenters. The Morgan fingerprint density at radius 2 is 1.62 bits per heavy atom. The Labute approximate surface area is 233 Å². The summed E-state index contributed by atoms with van der Waals surface area (Å²) in [5, 5.41) is 3.35. The first-order valence-corrected chi connectivity index (χ1v) is 14.5. The number of nitrogens with zero attached hydrogens (tertiary/aromatic N) is 2. The summed E-state index contributed by atoms with van der Waals surface area (Å²) < 4.78 is 26.9. The van der Waals surface area contributed by atoms with Gasteiger partial charge >= 0.3 is 0 Å². The molecule has 0 saturated carbocycles. The minimum atomic E-state index is -4.22. The van der Waals surface area contributed by atoms with E-state index in [9.17, 15) is 22.8 Å². The summed E-state index contributed by atoms with van der Waals surface area (Å²) in [7, 11) is -4.22. The molecule has 0 fully saturated rings. The maximum atomic E-state index is 13.9. The van der Waals surface area contributed by atoms with E-state index < -0.39 is 34.4 Å². The van der Waals surface area contributed by atoms with E-state index in [1.54, 1.807) is 30.3 Å². The molecule has 0 spiro atoms. The van der Waals surface area contributed by atoms with Crippen molar-refractivity contribution in [3.8, 4) is 0 Å². The van der Waals surface area contributed by atoms with Crippen molar-refractivity contribution in [2.45, 2.75) is 50.2 Å². The van der Waals surface area contributed by atoms with E-state index in [2.05, 4.69) is 5.32 Å². The molecule has 10 heteroatoms. The van der Waals surface area contributed by atoms with Crippen LogP contribution in [-0.2, 0) is 32.6 Å². The van der Waals surface area contributed by atoms with Crippen LogP contribution < -0.4 is 5.32 Å². The first-order chi connectivity index (χ1) is 18.6. The predicted octanol–water partition coefficient (Wildman–Crippen LogP) is 4.04. The van der Waals surface area contributed by atoms with Gasteiger partial charge in [0, 0.05) is 24.0 Å². The van der Waals surface area contributed by atoms with Crippen LogP contribution in [0.4, 0.5) is 0 Å². The molecule has 8 nitrogen and oxygen atoms in total. The Hall–Kier alpha value is -3.69. The number of hydrogen-bond acceptors (Lipinski definition) is 5. The van der Waals surface area contributed by atoms with Crippen LogP contribution in [0.3, 0.4) is 0 Å². The van der Waals surface area contributed by atoms with Gasteiger partial charge in [0.2, 0.25) is 11.8 Å². The second-order valence-electron chi connectivity index (χ2n) is 9.45. The van der Waals surface area contributed by atoms with Crippen LogP contribution >= 0.6 is 11.6 Å². The maximum Gasteiger partial charge on any atom is 0.269 e. The molecule has 4 rings (SSSR count). The van der Waals surface area contributed by atoms with Gasteiger partial charge < -0.3 is 10.2 Å². The van der Waals surface area contributed by atoms with Gasteiger partial charge in [-0.1, -0.05) is 79.2 Å². The summed E-state index contributed by atoms with van der Waals surface area (Å²) in [6.07, 6.45) is 0.862. The molecule has 3 amide bonds. The van der Waals surface area contributed by atoms with Gasteiger partial charge in [0.25, 0.3) is 15.9 Å². The summed E-state index contributed by atoms with van der Waals surface area (Å²) in [5.74, 6) is -1.85. The van der Waals surface area contributed by atoms with Crippen molar-refractivity contribution in [2.24, 2.45) is 0 Å². The van der Waals surface area contributed by atoms with Crippen LogP contribution in [0.5, 0.6) is 0 Å². The average molecular weight is 568 g/mol. The smallest absolute Gasteiger partial charge is 0.269 e. The van der Waals surface area contributed by atoms with Gasteiger partial charge in [0.1, 0.15) is 17.5 Å². The van der Waals surface area contributed by atoms with Gasteiger partial charge in [-0.3, -0.25) is 14.4 Å². The van der Waals surface area contributed by atoms with Gasteiger partial charge in [0.05, 0.1) is 5.56 Å². The van der Waals surface area contributed by atoms with E-state index in [-0.39, 0.29) is 35.4 Å². The summed E-state index contributed by atoms with van der Waals surface area (Å²) in [4.78, 5) is 41.8. The van der Waals surface area contributed by atoms with Gasteiger partial charge in [-0.25, -0.2) is 12.7 Å². The minimum Gasteiger partial charge on any atom is -0.352 e. The van der Waals surface area contributed by atoms with Crippen molar-refractivity contribution in [3.05, 3.63) is 101 Å². The number of benzene rings is 3. The standard InChI is InChI=1S/C29H30ClN3O5S/c1-3-20(2)31-28(35)25(17-21-11-5-4-6-12-21)32(18-22-13-7-9-15-24(22)30)27(34)19-33-29(36)23-14-8-10-16-26(23)39(33,37)38/h4-16,20,25H,3,17-19H2,1-2H3,(H,31,35)/t20-,25+/m1/s1. The highest BCUT2D eigenvalue weighted by molar-refractivity contribution is 7.90. The molecule has 0 bridgehead atoms. The van der Waals surface area contributed by atoms with Crippen molar-refractivity contribution in [2.75, 3.05) is 6.54 Å². The summed E-state index contributed by atoms with van der Waals surface area (Å²) in [6, 6.07) is 20.9. The van der Waals surface area contributed by atoms with Crippen molar-refractivity contribution in [1.82, 2.24) is 14.5 Å². The third-order valence-corrected chi connectivity index (χ3v) is 8.92. The number of nitrogens with one attached hydrogen (secondary N) is 1. The molecule has 0 aromatic heterocycles. The number of rotatable bonds is 10. The number of carbonyl (C=O) groups is 3. The second kappa shape index (κ2) is 12.0. The lowest BCUT2D eigenvalue weighted by Gasteiger charge is -2.33. The molecule has 0 saturated heterocycles. The number of fused-ring (bicyclic) bond motifs is 1. The number of halogens is 1. The predicted molar refractivity (Wildman–Crippen MR) is 148 cm³/mol. The molecule has 1 N–H and O–H groups in total. The molecule has 1 heterocycles. The van der Waals surface area contributed by atoms with Crippen molar-refractivity contribution in [1.29, 1.82) is 0 Å². The first-order valence-electron chi connectivity index (χ1n) is 12.7. The number of sulfonamides is 1. The minimum absolute atomic E-state index is 0.0123. The molecular weight excluding hydrogens is 538 g/mol. The Balaban J connectivity index is 1.73. The van der Waals surface area contributed by atoms with E-state index in [0.29, 0.717) is 21.3 Å². The van der Waals surface area contributed by atoms with Gasteiger partial charge in [0.15, 0.2) is 0 Å². The zero-order valence-corrected chi connectivity index (χ0v) is 23.3. The molecule has 0 aliphatic carbocycles. The molecule has 2 atom stereocenters. The largest absolute Gasteiger partial charge is 0.352 e. The van der Waals surface area contributed by atoms with Crippen LogP contribution in [0.1, 0.15) is 41.8 Å². The molecule has 39 heavy (non-hydrogen) atoms. The van der Waals surface area contributed by atoms with E-state index in [1.807, 2.05) is 44.2 Å². The number of hydrogen-bond donors (Lipinski definition) is 1. The summed E-state index contributed by atoms with van der Waals surface area (Å²) in [5.41, 5.74) is 1.41. The molecular formula is C29H30ClN3O5S. The Kier molecular flexibility index (Phi) is 8.72. The van der Waals surface area contributed by atoms with Gasteiger partial charge in [-0.15, -0.1) is 0 Å². The fraction of sp³-hybridized carbons (Fsp3) is 0.276. The first kappa shape index (κ1) is 28.3. The molecule has 1 aliphatic rings. The lowest BCUT2D eigenvalue weighted by atomic mass is 10.0. The third kappa shape index (κ3) is 6.15. The van der Waals surface area contributed by atoms with Crippen LogP contribution in [0.2, 0.25) is 5.02 Å². The van der Waals surface area contributed by atoms with Gasteiger partial charge in [-0.05, 0) is 42.7 Å². The average Bonchev–Trinajstić information content (AvgIpc) is 3.12. The lowest BCUT2D eigenvalue weighted by Crippen LogP contribution is -2.54.